The summed E-state index contributed by atoms with van der Waals surface area (Å²) in [5, 5.41) is 4.41. The largest absolute Gasteiger partial charge is 0.497 e. The van der Waals surface area contributed by atoms with E-state index in [4.69, 9.17) is 4.74 Å². The summed E-state index contributed by atoms with van der Waals surface area (Å²) in [4.78, 5) is 12.5. The molecule has 0 radical (unpaired) electrons. The molecule has 6 nitrogen and oxygen atoms in total. The highest BCUT2D eigenvalue weighted by atomic mass is 32.2. The molecule has 0 aliphatic carbocycles. The second-order valence-corrected chi connectivity index (χ2v) is 8.13. The molecule has 0 aliphatic rings. The molecular weight excluding hydrogens is 372 g/mol. The fourth-order valence-corrected chi connectivity index (χ4v) is 4.32. The number of nitrogens with one attached hydrogen (secondary N) is 2. The number of hydrogen-bond donors (Lipinski definition) is 2. The molecule has 1 amide bonds. The summed E-state index contributed by atoms with van der Waals surface area (Å²) in [5.74, 6) is 0.191. The van der Waals surface area contributed by atoms with E-state index in [1.165, 1.54) is 13.2 Å². The van der Waals surface area contributed by atoms with Crippen LogP contribution in [0.1, 0.15) is 10.4 Å². The minimum atomic E-state index is -3.71. The fourth-order valence-electron chi connectivity index (χ4n) is 2.25. The number of carbonyl (C=O) groups is 1. The highest BCUT2D eigenvalue weighted by Crippen LogP contribution is 2.26. The first-order valence-electron chi connectivity index (χ1n) is 7.60. The maximum absolute atomic E-state index is 12.5. The Labute approximate surface area is 155 Å². The molecule has 134 valence electrons. The van der Waals surface area contributed by atoms with Crippen molar-refractivity contribution in [3.8, 4) is 5.75 Å². The second-order valence-electron chi connectivity index (χ2n) is 5.27. The summed E-state index contributed by atoms with van der Waals surface area (Å²) in [6, 6.07) is 16.5. The van der Waals surface area contributed by atoms with Gasteiger partial charge in [-0.2, -0.15) is 0 Å². The predicted molar refractivity (Wildman–Crippen MR) is 103 cm³/mol. The van der Waals surface area contributed by atoms with Gasteiger partial charge in [0.2, 0.25) is 0 Å². The lowest BCUT2D eigenvalue weighted by Gasteiger charge is -2.13. The van der Waals surface area contributed by atoms with Crippen molar-refractivity contribution in [2.75, 3.05) is 17.1 Å². The van der Waals surface area contributed by atoms with Crippen molar-refractivity contribution >= 4 is 38.6 Å². The zero-order chi connectivity index (χ0) is 18.6. The van der Waals surface area contributed by atoms with Crippen LogP contribution in [0.5, 0.6) is 5.75 Å². The summed E-state index contributed by atoms with van der Waals surface area (Å²) in [6.07, 6.45) is 0. The molecule has 0 aliphatic heterocycles. The van der Waals surface area contributed by atoms with Gasteiger partial charge in [0.25, 0.3) is 15.9 Å². The Bertz CT molecular complexity index is 1020. The van der Waals surface area contributed by atoms with Crippen LogP contribution < -0.4 is 14.8 Å². The number of amides is 1. The van der Waals surface area contributed by atoms with Crippen LogP contribution in [-0.4, -0.2) is 21.4 Å². The van der Waals surface area contributed by atoms with Gasteiger partial charge >= 0.3 is 0 Å². The molecule has 3 rings (SSSR count). The van der Waals surface area contributed by atoms with Crippen LogP contribution in [0.15, 0.2) is 70.3 Å². The van der Waals surface area contributed by atoms with E-state index in [1.807, 2.05) is 0 Å². The molecule has 1 heterocycles. The Hall–Kier alpha value is -2.84. The predicted octanol–water partition coefficient (Wildman–Crippen LogP) is 3.81. The van der Waals surface area contributed by atoms with Crippen LogP contribution in [0.4, 0.5) is 11.4 Å². The van der Waals surface area contributed by atoms with Crippen molar-refractivity contribution in [3.63, 3.8) is 0 Å². The third-order valence-electron chi connectivity index (χ3n) is 3.51. The minimum absolute atomic E-state index is 0.200. The molecular formula is C18H16N2O4S2. The maximum Gasteiger partial charge on any atom is 0.271 e. The third kappa shape index (κ3) is 4.04. The molecule has 0 unspecified atom stereocenters. The second kappa shape index (κ2) is 7.59. The van der Waals surface area contributed by atoms with Crippen molar-refractivity contribution in [1.29, 1.82) is 0 Å². The highest BCUT2D eigenvalue weighted by molar-refractivity contribution is 7.94. The quantitative estimate of drug-likeness (QED) is 0.672. The lowest BCUT2D eigenvalue weighted by Crippen LogP contribution is -2.16. The molecule has 2 aromatic carbocycles. The molecule has 0 fully saturated rings. The van der Waals surface area contributed by atoms with E-state index in [0.29, 0.717) is 17.0 Å². The molecule has 1 aromatic heterocycles. The number of methoxy groups -OCH3 is 1. The standard InChI is InChI=1S/C18H16N2O4S2/c1-24-14-7-4-6-13(12-14)18(21)19-15-8-2-3-9-16(15)20-26(22,23)17-10-5-11-25-17/h2-12,20H,1H3,(H,19,21). The zero-order valence-electron chi connectivity index (χ0n) is 13.8. The molecule has 0 atom stereocenters. The smallest absolute Gasteiger partial charge is 0.271 e. The Balaban J connectivity index is 1.84. The summed E-state index contributed by atoms with van der Waals surface area (Å²) < 4.78 is 32.7. The van der Waals surface area contributed by atoms with Gasteiger partial charge in [0.1, 0.15) is 9.96 Å². The van der Waals surface area contributed by atoms with E-state index in [9.17, 15) is 13.2 Å². The van der Waals surface area contributed by atoms with Crippen molar-refractivity contribution in [2.24, 2.45) is 0 Å². The van der Waals surface area contributed by atoms with Gasteiger partial charge in [-0.1, -0.05) is 24.3 Å². The van der Waals surface area contributed by atoms with E-state index >= 15 is 0 Å². The molecule has 2 N–H and O–H groups in total. The number of rotatable bonds is 6. The van der Waals surface area contributed by atoms with E-state index < -0.39 is 10.0 Å². The van der Waals surface area contributed by atoms with Crippen molar-refractivity contribution in [2.45, 2.75) is 4.21 Å². The monoisotopic (exact) mass is 388 g/mol. The summed E-state index contributed by atoms with van der Waals surface area (Å²) in [7, 11) is -2.19. The van der Waals surface area contributed by atoms with Crippen LogP contribution >= 0.6 is 11.3 Å². The van der Waals surface area contributed by atoms with Gasteiger partial charge in [0.15, 0.2) is 0 Å². The molecule has 26 heavy (non-hydrogen) atoms. The Morgan fingerprint density at radius 3 is 2.46 bits per heavy atom. The lowest BCUT2D eigenvalue weighted by molar-refractivity contribution is 0.102. The van der Waals surface area contributed by atoms with Gasteiger partial charge in [0.05, 0.1) is 18.5 Å². The first-order chi connectivity index (χ1) is 12.5. The molecule has 0 saturated carbocycles. The Morgan fingerprint density at radius 1 is 1.00 bits per heavy atom. The topological polar surface area (TPSA) is 84.5 Å². The summed E-state index contributed by atoms with van der Waals surface area (Å²) in [6.45, 7) is 0. The summed E-state index contributed by atoms with van der Waals surface area (Å²) in [5.41, 5.74) is 1.05. The average molecular weight is 388 g/mol. The zero-order valence-corrected chi connectivity index (χ0v) is 15.4. The number of thiophene rings is 1. The number of para-hydroxylation sites is 2. The van der Waals surface area contributed by atoms with E-state index in [1.54, 1.807) is 60.0 Å². The van der Waals surface area contributed by atoms with Gasteiger partial charge in [-0.15, -0.1) is 11.3 Å². The molecule has 0 bridgehead atoms. The number of sulfonamides is 1. The number of ether oxygens (including phenoxy) is 1. The van der Waals surface area contributed by atoms with Crippen molar-refractivity contribution < 1.29 is 17.9 Å². The summed E-state index contributed by atoms with van der Waals surface area (Å²) >= 11 is 1.12. The molecule has 3 aromatic rings. The van der Waals surface area contributed by atoms with E-state index in [2.05, 4.69) is 10.0 Å². The highest BCUT2D eigenvalue weighted by Gasteiger charge is 2.18. The van der Waals surface area contributed by atoms with Crippen LogP contribution in [0.2, 0.25) is 0 Å². The third-order valence-corrected chi connectivity index (χ3v) is 6.27. The van der Waals surface area contributed by atoms with Gasteiger partial charge in [-0.05, 0) is 41.8 Å². The fraction of sp³-hybridized carbons (Fsp3) is 0.0556. The number of anilines is 2. The minimum Gasteiger partial charge on any atom is -0.497 e. The van der Waals surface area contributed by atoms with Crippen LogP contribution in [-0.2, 0) is 10.0 Å². The molecule has 8 heteroatoms. The van der Waals surface area contributed by atoms with Gasteiger partial charge in [0, 0.05) is 5.56 Å². The Morgan fingerprint density at radius 2 is 1.77 bits per heavy atom. The molecule has 0 spiro atoms. The van der Waals surface area contributed by atoms with Gasteiger partial charge in [-0.25, -0.2) is 8.42 Å². The van der Waals surface area contributed by atoms with Crippen molar-refractivity contribution in [1.82, 2.24) is 0 Å². The number of hydrogen-bond acceptors (Lipinski definition) is 5. The normalized spacial score (nSPS) is 11.0. The van der Waals surface area contributed by atoms with Crippen LogP contribution in [0.25, 0.3) is 0 Å². The van der Waals surface area contributed by atoms with Gasteiger partial charge in [-0.3, -0.25) is 9.52 Å². The molecule has 0 saturated heterocycles. The first kappa shape index (κ1) is 18.0. The number of benzene rings is 2. The lowest BCUT2D eigenvalue weighted by atomic mass is 10.2. The number of carbonyl (C=O) groups excluding carboxylic acids is 1. The average Bonchev–Trinajstić information content (AvgIpc) is 3.19. The van der Waals surface area contributed by atoms with Crippen LogP contribution in [0, 0.1) is 0 Å². The Kier molecular flexibility index (Phi) is 5.24. The maximum atomic E-state index is 12.5. The van der Waals surface area contributed by atoms with Gasteiger partial charge < -0.3 is 10.1 Å². The van der Waals surface area contributed by atoms with E-state index in [-0.39, 0.29) is 15.8 Å². The first-order valence-corrected chi connectivity index (χ1v) is 9.96. The van der Waals surface area contributed by atoms with Crippen LogP contribution in [0.3, 0.4) is 0 Å². The van der Waals surface area contributed by atoms with Crippen molar-refractivity contribution in [3.05, 3.63) is 71.6 Å². The van der Waals surface area contributed by atoms with E-state index in [0.717, 1.165) is 11.3 Å². The SMILES string of the molecule is COc1cccc(C(=O)Nc2ccccc2NS(=O)(=O)c2cccs2)c1.